The highest BCUT2D eigenvalue weighted by molar-refractivity contribution is 7.99. The summed E-state index contributed by atoms with van der Waals surface area (Å²) < 4.78 is 12.6. The molecule has 1 saturated carbocycles. The molecule has 1 aromatic carbocycles. The zero-order valence-corrected chi connectivity index (χ0v) is 19.2. The van der Waals surface area contributed by atoms with Crippen molar-refractivity contribution in [3.63, 3.8) is 0 Å². The van der Waals surface area contributed by atoms with Crippen molar-refractivity contribution in [3.05, 3.63) is 30.1 Å². The summed E-state index contributed by atoms with van der Waals surface area (Å²) in [4.78, 5) is 12.2. The molecule has 8 nitrogen and oxygen atoms in total. The van der Waals surface area contributed by atoms with Crippen LogP contribution in [-0.4, -0.2) is 53.8 Å². The van der Waals surface area contributed by atoms with Gasteiger partial charge in [-0.1, -0.05) is 37.1 Å². The zero-order valence-electron chi connectivity index (χ0n) is 18.4. The van der Waals surface area contributed by atoms with Gasteiger partial charge in [0.2, 0.25) is 5.91 Å². The number of benzene rings is 1. The molecule has 0 bridgehead atoms. The van der Waals surface area contributed by atoms with Crippen LogP contribution in [0.15, 0.2) is 29.4 Å². The molecular formula is C22H33N5O3S. The van der Waals surface area contributed by atoms with Crippen molar-refractivity contribution in [2.24, 2.45) is 0 Å². The molecular weight excluding hydrogens is 414 g/mol. The van der Waals surface area contributed by atoms with E-state index in [0.29, 0.717) is 31.5 Å². The quantitative estimate of drug-likeness (QED) is 0.379. The highest BCUT2D eigenvalue weighted by Crippen LogP contribution is 2.33. The van der Waals surface area contributed by atoms with Gasteiger partial charge in [-0.3, -0.25) is 4.79 Å². The molecule has 0 unspecified atom stereocenters. The molecule has 2 N–H and O–H groups in total. The largest absolute Gasteiger partial charge is 0.497 e. The number of ether oxygens (including phenoxy) is 2. The number of nitrogens with one attached hydrogen (secondary N) is 2. The number of carbonyl (C=O) groups excluding carboxylic acids is 1. The third kappa shape index (κ3) is 7.14. The van der Waals surface area contributed by atoms with E-state index >= 15 is 0 Å². The predicted octanol–water partition coefficient (Wildman–Crippen LogP) is 3.65. The summed E-state index contributed by atoms with van der Waals surface area (Å²) in [7, 11) is 3.33. The Kier molecular flexibility index (Phi) is 9.48. The van der Waals surface area contributed by atoms with Crippen LogP contribution in [0.4, 0.5) is 5.69 Å². The second-order valence-corrected chi connectivity index (χ2v) is 8.57. The summed E-state index contributed by atoms with van der Waals surface area (Å²) in [5.74, 6) is 2.06. The number of hydrogen-bond acceptors (Lipinski definition) is 7. The molecule has 0 radical (unpaired) electrons. The number of methoxy groups -OCH3 is 2. The maximum absolute atomic E-state index is 12.2. The smallest absolute Gasteiger partial charge is 0.230 e. The molecule has 1 amide bonds. The second-order valence-electron chi connectivity index (χ2n) is 7.63. The van der Waals surface area contributed by atoms with Gasteiger partial charge in [0.1, 0.15) is 5.75 Å². The highest BCUT2D eigenvalue weighted by Gasteiger charge is 2.23. The molecule has 0 atom stereocenters. The molecule has 31 heavy (non-hydrogen) atoms. The van der Waals surface area contributed by atoms with Crippen molar-refractivity contribution in [3.8, 4) is 5.75 Å². The highest BCUT2D eigenvalue weighted by atomic mass is 32.2. The van der Waals surface area contributed by atoms with Gasteiger partial charge in [-0.2, -0.15) is 0 Å². The van der Waals surface area contributed by atoms with E-state index in [2.05, 4.69) is 25.4 Å². The first kappa shape index (κ1) is 23.4. The first-order chi connectivity index (χ1) is 15.2. The Labute approximate surface area is 188 Å². The van der Waals surface area contributed by atoms with Gasteiger partial charge in [0.05, 0.1) is 19.4 Å². The number of thioether (sulfide) groups is 1. The van der Waals surface area contributed by atoms with E-state index in [1.165, 1.54) is 31.0 Å². The Balaban J connectivity index is 1.65. The molecule has 3 rings (SSSR count). The van der Waals surface area contributed by atoms with Gasteiger partial charge in [0, 0.05) is 38.1 Å². The summed E-state index contributed by atoms with van der Waals surface area (Å²) in [5.41, 5.74) is 0.974. The number of aromatic nitrogens is 3. The standard InChI is InChI=1S/C22H33N5O3S/c1-29-13-7-12-23-21(28)16-31-22-26-25-20(27(22)18-9-4-3-5-10-18)15-24-17-8-6-11-19(14-17)30-2/h6,8,11,14,18,24H,3-5,7,9-10,12-13,15-16H2,1-2H3,(H,23,28). The minimum Gasteiger partial charge on any atom is -0.497 e. The first-order valence-corrected chi connectivity index (χ1v) is 11.9. The van der Waals surface area contributed by atoms with Crippen molar-refractivity contribution in [1.82, 2.24) is 20.1 Å². The fourth-order valence-corrected chi connectivity index (χ4v) is 4.63. The average Bonchev–Trinajstić information content (AvgIpc) is 3.22. The Morgan fingerprint density at radius 2 is 2.06 bits per heavy atom. The molecule has 2 aromatic rings. The van der Waals surface area contributed by atoms with E-state index in [1.807, 2.05) is 24.3 Å². The van der Waals surface area contributed by atoms with Crippen LogP contribution in [0.3, 0.4) is 0 Å². The van der Waals surface area contributed by atoms with Gasteiger partial charge in [0.25, 0.3) is 0 Å². The Bertz CT molecular complexity index is 823. The molecule has 0 spiro atoms. The SMILES string of the molecule is COCCCNC(=O)CSc1nnc(CNc2cccc(OC)c2)n1C1CCCCC1. The van der Waals surface area contributed by atoms with Crippen LogP contribution in [0, 0.1) is 0 Å². The fourth-order valence-electron chi connectivity index (χ4n) is 3.77. The molecule has 170 valence electrons. The molecule has 1 aliphatic carbocycles. The van der Waals surface area contributed by atoms with Crippen LogP contribution in [0.25, 0.3) is 0 Å². The average molecular weight is 448 g/mol. The summed E-state index contributed by atoms with van der Waals surface area (Å²) in [6, 6.07) is 8.24. The van der Waals surface area contributed by atoms with Crippen molar-refractivity contribution in [2.75, 3.05) is 38.4 Å². The zero-order chi connectivity index (χ0) is 21.9. The number of nitrogens with zero attached hydrogens (tertiary/aromatic N) is 3. The summed E-state index contributed by atoms with van der Waals surface area (Å²) in [6.07, 6.45) is 6.78. The van der Waals surface area contributed by atoms with Crippen LogP contribution in [0.2, 0.25) is 0 Å². The van der Waals surface area contributed by atoms with E-state index in [4.69, 9.17) is 9.47 Å². The number of rotatable bonds is 12. The van der Waals surface area contributed by atoms with E-state index < -0.39 is 0 Å². The van der Waals surface area contributed by atoms with Crippen LogP contribution in [0.1, 0.15) is 50.4 Å². The lowest BCUT2D eigenvalue weighted by atomic mass is 9.95. The summed E-state index contributed by atoms with van der Waals surface area (Å²) in [5, 5.41) is 16.1. The molecule has 1 aromatic heterocycles. The van der Waals surface area contributed by atoms with E-state index in [1.54, 1.807) is 14.2 Å². The third-order valence-corrected chi connectivity index (χ3v) is 6.32. The summed E-state index contributed by atoms with van der Waals surface area (Å²) in [6.45, 7) is 1.84. The molecule has 1 heterocycles. The number of carbonyl (C=O) groups is 1. The van der Waals surface area contributed by atoms with Crippen LogP contribution in [0.5, 0.6) is 5.75 Å². The predicted molar refractivity (Wildman–Crippen MR) is 123 cm³/mol. The molecule has 0 aliphatic heterocycles. The minimum atomic E-state index is 0.00959. The van der Waals surface area contributed by atoms with Gasteiger partial charge >= 0.3 is 0 Å². The van der Waals surface area contributed by atoms with Crippen molar-refractivity contribution < 1.29 is 14.3 Å². The van der Waals surface area contributed by atoms with Crippen molar-refractivity contribution in [2.45, 2.75) is 56.3 Å². The van der Waals surface area contributed by atoms with Gasteiger partial charge < -0.3 is 24.7 Å². The van der Waals surface area contributed by atoms with E-state index in [0.717, 1.165) is 41.7 Å². The lowest BCUT2D eigenvalue weighted by Crippen LogP contribution is -2.27. The maximum atomic E-state index is 12.2. The normalized spacial score (nSPS) is 14.4. The van der Waals surface area contributed by atoms with Gasteiger partial charge in [0.15, 0.2) is 11.0 Å². The Morgan fingerprint density at radius 1 is 1.23 bits per heavy atom. The van der Waals surface area contributed by atoms with E-state index in [-0.39, 0.29) is 5.91 Å². The fraction of sp³-hybridized carbons (Fsp3) is 0.591. The number of amides is 1. The summed E-state index contributed by atoms with van der Waals surface area (Å²) >= 11 is 1.46. The molecule has 1 aliphatic rings. The van der Waals surface area contributed by atoms with Crippen molar-refractivity contribution >= 4 is 23.4 Å². The van der Waals surface area contributed by atoms with Crippen LogP contribution < -0.4 is 15.4 Å². The Morgan fingerprint density at radius 3 is 2.84 bits per heavy atom. The number of anilines is 1. The lowest BCUT2D eigenvalue weighted by molar-refractivity contribution is -0.118. The van der Waals surface area contributed by atoms with Crippen molar-refractivity contribution in [1.29, 1.82) is 0 Å². The molecule has 0 saturated heterocycles. The van der Waals surface area contributed by atoms with Gasteiger partial charge in [-0.05, 0) is 31.4 Å². The number of hydrogen-bond donors (Lipinski definition) is 2. The van der Waals surface area contributed by atoms with Gasteiger partial charge in [-0.15, -0.1) is 10.2 Å². The van der Waals surface area contributed by atoms with Crippen LogP contribution >= 0.6 is 11.8 Å². The molecule has 1 fully saturated rings. The monoisotopic (exact) mass is 447 g/mol. The third-order valence-electron chi connectivity index (χ3n) is 5.38. The van der Waals surface area contributed by atoms with Gasteiger partial charge in [-0.25, -0.2) is 0 Å². The maximum Gasteiger partial charge on any atom is 0.230 e. The first-order valence-electron chi connectivity index (χ1n) is 10.9. The van der Waals surface area contributed by atoms with E-state index in [9.17, 15) is 4.79 Å². The Hall–Kier alpha value is -2.26. The van der Waals surface area contributed by atoms with Crippen LogP contribution in [-0.2, 0) is 16.1 Å². The molecule has 9 heteroatoms. The second kappa shape index (κ2) is 12.6. The lowest BCUT2D eigenvalue weighted by Gasteiger charge is -2.25. The topological polar surface area (TPSA) is 90.3 Å². The minimum absolute atomic E-state index is 0.00959.